The van der Waals surface area contributed by atoms with Crippen molar-refractivity contribution in [1.82, 2.24) is 14.9 Å². The second-order valence-corrected chi connectivity index (χ2v) is 6.07. The number of nitrogens with zero attached hydrogens (tertiary/aromatic N) is 4. The first-order valence-electron chi connectivity index (χ1n) is 8.73. The summed E-state index contributed by atoms with van der Waals surface area (Å²) in [6.45, 7) is 4.29. The summed E-state index contributed by atoms with van der Waals surface area (Å²) in [4.78, 5) is 24.8. The quantitative estimate of drug-likeness (QED) is 0.723. The van der Waals surface area contributed by atoms with Crippen LogP contribution in [-0.2, 0) is 16.1 Å². The van der Waals surface area contributed by atoms with Gasteiger partial charge in [0, 0.05) is 51.6 Å². The predicted octanol–water partition coefficient (Wildman–Crippen LogP) is 2.12. The summed E-state index contributed by atoms with van der Waals surface area (Å²) in [5.74, 6) is 1.09. The molecule has 0 unspecified atom stereocenters. The third-order valence-electron chi connectivity index (χ3n) is 4.30. The van der Waals surface area contributed by atoms with Crippen LogP contribution in [0.5, 0.6) is 0 Å². The Bertz CT molecular complexity index is 643. The first-order valence-corrected chi connectivity index (χ1v) is 8.73. The number of ether oxygens (including phenoxy) is 1. The van der Waals surface area contributed by atoms with Crippen molar-refractivity contribution in [2.24, 2.45) is 0 Å². The van der Waals surface area contributed by atoms with Gasteiger partial charge in [-0.15, -0.1) is 0 Å². The first kappa shape index (κ1) is 17.4. The summed E-state index contributed by atoms with van der Waals surface area (Å²) in [5, 5.41) is 0. The second-order valence-electron chi connectivity index (χ2n) is 6.07. The van der Waals surface area contributed by atoms with Gasteiger partial charge >= 0.3 is 0 Å². The maximum Gasteiger partial charge on any atom is 0.222 e. The number of rotatable bonds is 7. The largest absolute Gasteiger partial charge is 0.377 e. The van der Waals surface area contributed by atoms with Gasteiger partial charge in [-0.2, -0.15) is 0 Å². The van der Waals surface area contributed by atoms with E-state index in [1.54, 1.807) is 18.6 Å². The molecule has 6 nitrogen and oxygen atoms in total. The van der Waals surface area contributed by atoms with Gasteiger partial charge in [0.05, 0.1) is 12.8 Å². The average Bonchev–Trinajstić information content (AvgIpc) is 2.69. The molecule has 1 amide bonds. The van der Waals surface area contributed by atoms with Crippen molar-refractivity contribution >= 4 is 11.7 Å². The third kappa shape index (κ3) is 5.26. The lowest BCUT2D eigenvalue weighted by Crippen LogP contribution is -2.49. The van der Waals surface area contributed by atoms with Crippen LogP contribution in [-0.4, -0.2) is 53.6 Å². The van der Waals surface area contributed by atoms with Crippen molar-refractivity contribution < 1.29 is 9.53 Å². The number of benzene rings is 1. The summed E-state index contributed by atoms with van der Waals surface area (Å²) in [6, 6.07) is 10.1. The molecule has 0 bridgehead atoms. The van der Waals surface area contributed by atoms with Crippen LogP contribution < -0.4 is 4.90 Å². The summed E-state index contributed by atoms with van der Waals surface area (Å²) in [7, 11) is 0. The monoisotopic (exact) mass is 340 g/mol. The summed E-state index contributed by atoms with van der Waals surface area (Å²) >= 11 is 0. The van der Waals surface area contributed by atoms with E-state index in [1.807, 2.05) is 35.2 Å². The number of hydrogen-bond donors (Lipinski definition) is 0. The number of carbonyl (C=O) groups excluding carboxylic acids is 1. The molecule has 2 heterocycles. The standard InChI is InChI=1S/C19H24N4O2/c24-19(7-4-14-25-16-17-5-2-1-3-6-17)23-12-10-22(11-13-23)18-15-20-8-9-21-18/h1-3,5-6,8-9,15H,4,7,10-14,16H2. The molecule has 2 aromatic rings. The Labute approximate surface area is 148 Å². The molecule has 1 aliphatic rings. The lowest BCUT2D eigenvalue weighted by Gasteiger charge is -2.35. The van der Waals surface area contributed by atoms with Crippen LogP contribution in [0.3, 0.4) is 0 Å². The van der Waals surface area contributed by atoms with Crippen molar-refractivity contribution in [2.45, 2.75) is 19.4 Å². The molecule has 0 spiro atoms. The summed E-state index contributed by atoms with van der Waals surface area (Å²) in [5.41, 5.74) is 1.16. The maximum atomic E-state index is 12.3. The van der Waals surface area contributed by atoms with Crippen LogP contribution in [0.15, 0.2) is 48.9 Å². The SMILES string of the molecule is O=C(CCCOCc1ccccc1)N1CCN(c2cnccn2)CC1. The molecule has 1 aromatic heterocycles. The molecule has 0 saturated carbocycles. The minimum atomic E-state index is 0.210. The number of piperazine rings is 1. The normalized spacial score (nSPS) is 14.6. The highest BCUT2D eigenvalue weighted by Crippen LogP contribution is 2.12. The highest BCUT2D eigenvalue weighted by atomic mass is 16.5. The van der Waals surface area contributed by atoms with Gasteiger partial charge in [0.25, 0.3) is 0 Å². The van der Waals surface area contributed by atoms with E-state index in [9.17, 15) is 4.79 Å². The summed E-state index contributed by atoms with van der Waals surface area (Å²) < 4.78 is 5.64. The Morgan fingerprint density at radius 2 is 1.88 bits per heavy atom. The minimum Gasteiger partial charge on any atom is -0.377 e. The molecule has 0 radical (unpaired) electrons. The van der Waals surface area contributed by atoms with Gasteiger partial charge in [-0.3, -0.25) is 9.78 Å². The van der Waals surface area contributed by atoms with Gasteiger partial charge in [-0.1, -0.05) is 30.3 Å². The van der Waals surface area contributed by atoms with Gasteiger partial charge < -0.3 is 14.5 Å². The average molecular weight is 340 g/mol. The van der Waals surface area contributed by atoms with Crippen LogP contribution in [0.2, 0.25) is 0 Å². The molecule has 0 aliphatic carbocycles. The second kappa shape index (κ2) is 9.13. The lowest BCUT2D eigenvalue weighted by atomic mass is 10.2. The fourth-order valence-electron chi connectivity index (χ4n) is 2.89. The zero-order valence-electron chi connectivity index (χ0n) is 14.4. The Hall–Kier alpha value is -2.47. The van der Waals surface area contributed by atoms with Gasteiger partial charge in [0.2, 0.25) is 5.91 Å². The van der Waals surface area contributed by atoms with E-state index in [4.69, 9.17) is 4.74 Å². The summed E-state index contributed by atoms with van der Waals surface area (Å²) in [6.07, 6.45) is 6.43. The molecule has 3 rings (SSSR count). The van der Waals surface area contributed by atoms with Crippen LogP contribution in [0.1, 0.15) is 18.4 Å². The molecular weight excluding hydrogens is 316 g/mol. The van der Waals surface area contributed by atoms with Crippen LogP contribution >= 0.6 is 0 Å². The van der Waals surface area contributed by atoms with E-state index in [2.05, 4.69) is 14.9 Å². The van der Waals surface area contributed by atoms with E-state index in [0.29, 0.717) is 19.6 Å². The minimum absolute atomic E-state index is 0.210. The van der Waals surface area contributed by atoms with Crippen LogP contribution in [0.4, 0.5) is 5.82 Å². The predicted molar refractivity (Wildman–Crippen MR) is 96.2 cm³/mol. The number of anilines is 1. The Morgan fingerprint density at radius 1 is 1.08 bits per heavy atom. The molecular formula is C19H24N4O2. The molecule has 25 heavy (non-hydrogen) atoms. The van der Waals surface area contributed by atoms with E-state index in [1.165, 1.54) is 0 Å². The van der Waals surface area contributed by atoms with Crippen molar-refractivity contribution in [2.75, 3.05) is 37.7 Å². The van der Waals surface area contributed by atoms with Crippen molar-refractivity contribution in [1.29, 1.82) is 0 Å². The van der Waals surface area contributed by atoms with E-state index < -0.39 is 0 Å². The van der Waals surface area contributed by atoms with Crippen molar-refractivity contribution in [3.8, 4) is 0 Å². The number of aromatic nitrogens is 2. The van der Waals surface area contributed by atoms with E-state index in [-0.39, 0.29) is 5.91 Å². The maximum absolute atomic E-state index is 12.3. The highest BCUT2D eigenvalue weighted by Gasteiger charge is 2.21. The fourth-order valence-corrected chi connectivity index (χ4v) is 2.89. The first-order chi connectivity index (χ1) is 12.3. The zero-order valence-corrected chi connectivity index (χ0v) is 14.4. The number of hydrogen-bond acceptors (Lipinski definition) is 5. The third-order valence-corrected chi connectivity index (χ3v) is 4.30. The van der Waals surface area contributed by atoms with Crippen molar-refractivity contribution in [3.05, 3.63) is 54.5 Å². The topological polar surface area (TPSA) is 58.6 Å². The number of carbonyl (C=O) groups is 1. The van der Waals surface area contributed by atoms with E-state index >= 15 is 0 Å². The molecule has 6 heteroatoms. The number of amides is 1. The zero-order chi connectivity index (χ0) is 17.3. The molecule has 0 N–H and O–H groups in total. The molecule has 0 atom stereocenters. The Balaban J connectivity index is 1.31. The lowest BCUT2D eigenvalue weighted by molar-refractivity contribution is -0.131. The molecule has 1 saturated heterocycles. The van der Waals surface area contributed by atoms with Gasteiger partial charge in [0.1, 0.15) is 5.82 Å². The van der Waals surface area contributed by atoms with Gasteiger partial charge in [-0.25, -0.2) is 4.98 Å². The van der Waals surface area contributed by atoms with E-state index in [0.717, 1.165) is 44.0 Å². The Morgan fingerprint density at radius 3 is 2.60 bits per heavy atom. The van der Waals surface area contributed by atoms with Crippen LogP contribution in [0.25, 0.3) is 0 Å². The molecule has 132 valence electrons. The highest BCUT2D eigenvalue weighted by molar-refractivity contribution is 5.76. The molecule has 1 aromatic carbocycles. The fraction of sp³-hybridized carbons (Fsp3) is 0.421. The smallest absolute Gasteiger partial charge is 0.222 e. The van der Waals surface area contributed by atoms with Crippen LogP contribution in [0, 0.1) is 0 Å². The van der Waals surface area contributed by atoms with Gasteiger partial charge in [0.15, 0.2) is 0 Å². The van der Waals surface area contributed by atoms with Crippen molar-refractivity contribution in [3.63, 3.8) is 0 Å². The molecule has 1 fully saturated rings. The molecule has 1 aliphatic heterocycles. The Kier molecular flexibility index (Phi) is 6.34. The van der Waals surface area contributed by atoms with Gasteiger partial charge in [-0.05, 0) is 12.0 Å².